The van der Waals surface area contributed by atoms with Crippen LogP contribution in [0.2, 0.25) is 0 Å². The van der Waals surface area contributed by atoms with Gasteiger partial charge in [-0.25, -0.2) is 0 Å². The number of para-hydroxylation sites is 1. The summed E-state index contributed by atoms with van der Waals surface area (Å²) in [5.41, 5.74) is 13.1. The highest BCUT2D eigenvalue weighted by molar-refractivity contribution is 5.90. The highest BCUT2D eigenvalue weighted by Crippen LogP contribution is 2.49. The number of allylic oxidation sites excluding steroid dienone is 2. The van der Waals surface area contributed by atoms with Crippen LogP contribution in [0.25, 0.3) is 5.57 Å². The van der Waals surface area contributed by atoms with Crippen molar-refractivity contribution >= 4 is 16.9 Å². The number of benzene rings is 1. The molecule has 2 nitrogen and oxygen atoms in total. The maximum atomic E-state index is 6.24. The first-order valence-electron chi connectivity index (χ1n) is 7.08. The van der Waals surface area contributed by atoms with E-state index >= 15 is 0 Å². The van der Waals surface area contributed by atoms with E-state index in [2.05, 4.69) is 26.2 Å². The van der Waals surface area contributed by atoms with Gasteiger partial charge in [-0.2, -0.15) is 0 Å². The van der Waals surface area contributed by atoms with E-state index in [4.69, 9.17) is 5.73 Å². The van der Waals surface area contributed by atoms with Crippen LogP contribution in [-0.4, -0.2) is 14.1 Å². The molecule has 0 atom stereocenters. The first-order chi connectivity index (χ1) is 8.62. The van der Waals surface area contributed by atoms with Gasteiger partial charge < -0.3 is 5.73 Å². The summed E-state index contributed by atoms with van der Waals surface area (Å²) < 4.78 is 0.872. The van der Waals surface area contributed by atoms with Crippen LogP contribution < -0.4 is 10.2 Å². The van der Waals surface area contributed by atoms with Crippen molar-refractivity contribution in [2.45, 2.75) is 38.5 Å². The van der Waals surface area contributed by atoms with Crippen LogP contribution in [0.1, 0.15) is 44.1 Å². The van der Waals surface area contributed by atoms with Crippen LogP contribution in [0.5, 0.6) is 0 Å². The van der Waals surface area contributed by atoms with Gasteiger partial charge >= 0.3 is 0 Å². The summed E-state index contributed by atoms with van der Waals surface area (Å²) in [5.74, 6) is 0. The molecule has 18 heavy (non-hydrogen) atoms. The Hall–Kier alpha value is -1.28. The molecule has 1 aliphatic heterocycles. The number of fused-ring (bicyclic) bond motifs is 2. The smallest absolute Gasteiger partial charge is 0.168 e. The molecule has 0 aromatic heterocycles. The largest absolute Gasteiger partial charge is 0.394 e. The zero-order chi connectivity index (χ0) is 12.8. The van der Waals surface area contributed by atoms with Crippen molar-refractivity contribution in [1.82, 2.24) is 4.48 Å². The van der Waals surface area contributed by atoms with Gasteiger partial charge in [-0.1, -0.05) is 18.9 Å². The lowest BCUT2D eigenvalue weighted by Crippen LogP contribution is -2.38. The summed E-state index contributed by atoms with van der Waals surface area (Å²) in [6.45, 7) is 0. The Morgan fingerprint density at radius 3 is 2.50 bits per heavy atom. The Morgan fingerprint density at radius 2 is 1.72 bits per heavy atom. The van der Waals surface area contributed by atoms with Gasteiger partial charge in [-0.05, 0) is 31.4 Å². The Balaban J connectivity index is 2.18. The van der Waals surface area contributed by atoms with Crippen molar-refractivity contribution in [2.75, 3.05) is 19.8 Å². The number of quaternary nitrogens is 1. The molecule has 2 N–H and O–H groups in total. The van der Waals surface area contributed by atoms with Crippen LogP contribution in [0.15, 0.2) is 23.9 Å². The van der Waals surface area contributed by atoms with Crippen molar-refractivity contribution in [3.63, 3.8) is 0 Å². The van der Waals surface area contributed by atoms with Gasteiger partial charge in [0.15, 0.2) is 5.69 Å². The molecule has 1 heterocycles. The standard InChI is InChI=1S/C16H23N2/c1-18(2)15-11-6-4-3-5-8-12(15)13-9-7-10-14(17)16(13)18/h7,9-10H,3-6,8,11,17H2,1-2H3/q+1. The molecule has 0 saturated heterocycles. The fourth-order valence-electron chi connectivity index (χ4n) is 3.71. The SMILES string of the molecule is C[N+]1(C)C2=C(CCCCCC2)c2cccc(N)c21. The predicted octanol–water partition coefficient (Wildman–Crippen LogP) is 3.91. The van der Waals surface area contributed by atoms with Gasteiger partial charge in [0, 0.05) is 17.6 Å². The van der Waals surface area contributed by atoms with E-state index in [0.29, 0.717) is 0 Å². The van der Waals surface area contributed by atoms with E-state index in [0.717, 1.165) is 10.2 Å². The third kappa shape index (κ3) is 1.59. The molecule has 0 spiro atoms. The van der Waals surface area contributed by atoms with E-state index in [1.165, 1.54) is 49.8 Å². The third-order valence-corrected chi connectivity index (χ3v) is 4.56. The molecule has 1 aromatic rings. The second-order valence-corrected chi connectivity index (χ2v) is 6.04. The quantitative estimate of drug-likeness (QED) is 0.542. The molecule has 0 amide bonds. The first-order valence-corrected chi connectivity index (χ1v) is 7.08. The average molecular weight is 243 g/mol. The van der Waals surface area contributed by atoms with E-state index < -0.39 is 0 Å². The van der Waals surface area contributed by atoms with E-state index in [1.54, 1.807) is 11.3 Å². The molecule has 1 aliphatic carbocycles. The Labute approximate surface area is 110 Å². The second kappa shape index (κ2) is 4.13. The fourth-order valence-corrected chi connectivity index (χ4v) is 3.71. The number of nitrogens with two attached hydrogens (primary N) is 1. The van der Waals surface area contributed by atoms with Gasteiger partial charge in [-0.15, -0.1) is 0 Å². The summed E-state index contributed by atoms with van der Waals surface area (Å²) in [5, 5.41) is 0. The molecule has 0 bridgehead atoms. The molecular weight excluding hydrogens is 220 g/mol. The highest BCUT2D eigenvalue weighted by atomic mass is 15.3. The summed E-state index contributed by atoms with van der Waals surface area (Å²) in [6, 6.07) is 6.40. The van der Waals surface area contributed by atoms with Crippen molar-refractivity contribution in [3.8, 4) is 0 Å². The molecular formula is C16H23N2+. The number of nitrogens with zero attached hydrogens (tertiary/aromatic N) is 1. The summed E-state index contributed by atoms with van der Waals surface area (Å²) in [4.78, 5) is 0. The normalized spacial score (nSPS) is 22.1. The summed E-state index contributed by atoms with van der Waals surface area (Å²) in [6.07, 6.45) is 7.87. The summed E-state index contributed by atoms with van der Waals surface area (Å²) >= 11 is 0. The Kier molecular flexibility index (Phi) is 2.70. The minimum Gasteiger partial charge on any atom is -0.394 e. The van der Waals surface area contributed by atoms with Crippen molar-refractivity contribution < 1.29 is 0 Å². The van der Waals surface area contributed by atoms with Gasteiger partial charge in [-0.3, -0.25) is 4.48 Å². The van der Waals surface area contributed by atoms with E-state index in [-0.39, 0.29) is 0 Å². The zero-order valence-corrected chi connectivity index (χ0v) is 11.5. The molecule has 96 valence electrons. The van der Waals surface area contributed by atoms with E-state index in [9.17, 15) is 0 Å². The molecule has 0 fully saturated rings. The van der Waals surface area contributed by atoms with Crippen LogP contribution >= 0.6 is 0 Å². The van der Waals surface area contributed by atoms with Gasteiger partial charge in [0.05, 0.1) is 19.8 Å². The third-order valence-electron chi connectivity index (χ3n) is 4.56. The van der Waals surface area contributed by atoms with Crippen molar-refractivity contribution in [3.05, 3.63) is 29.5 Å². The van der Waals surface area contributed by atoms with Gasteiger partial charge in [0.1, 0.15) is 5.70 Å². The molecule has 2 aliphatic rings. The number of anilines is 1. The Bertz CT molecular complexity index is 512. The zero-order valence-electron chi connectivity index (χ0n) is 11.5. The predicted molar refractivity (Wildman–Crippen MR) is 79.1 cm³/mol. The van der Waals surface area contributed by atoms with Crippen LogP contribution in [0.4, 0.5) is 11.4 Å². The number of hydrogen-bond donors (Lipinski definition) is 1. The van der Waals surface area contributed by atoms with Crippen molar-refractivity contribution in [1.29, 1.82) is 0 Å². The molecule has 0 saturated carbocycles. The number of rotatable bonds is 0. The minimum atomic E-state index is 0.872. The van der Waals surface area contributed by atoms with Crippen molar-refractivity contribution in [2.24, 2.45) is 0 Å². The minimum absolute atomic E-state index is 0.872. The van der Waals surface area contributed by atoms with Gasteiger partial charge in [0.25, 0.3) is 0 Å². The van der Waals surface area contributed by atoms with Crippen LogP contribution in [0, 0.1) is 0 Å². The lowest BCUT2D eigenvalue weighted by atomic mass is 9.94. The number of hydrogen-bond acceptors (Lipinski definition) is 1. The van der Waals surface area contributed by atoms with Crippen LogP contribution in [0.3, 0.4) is 0 Å². The molecule has 1 aromatic carbocycles. The molecule has 0 radical (unpaired) electrons. The van der Waals surface area contributed by atoms with Gasteiger partial charge in [0.2, 0.25) is 0 Å². The summed E-state index contributed by atoms with van der Waals surface area (Å²) in [7, 11) is 4.58. The topological polar surface area (TPSA) is 26.0 Å². The maximum absolute atomic E-state index is 6.24. The second-order valence-electron chi connectivity index (χ2n) is 6.04. The highest BCUT2D eigenvalue weighted by Gasteiger charge is 2.40. The van der Waals surface area contributed by atoms with E-state index in [1.807, 2.05) is 6.07 Å². The molecule has 0 unspecified atom stereocenters. The average Bonchev–Trinajstić information content (AvgIpc) is 2.47. The first kappa shape index (κ1) is 11.8. The number of nitrogen functional groups attached to an aromatic ring is 1. The maximum Gasteiger partial charge on any atom is 0.168 e. The Morgan fingerprint density at radius 1 is 1.00 bits per heavy atom. The van der Waals surface area contributed by atoms with Crippen LogP contribution in [-0.2, 0) is 0 Å². The molecule has 3 rings (SSSR count). The fraction of sp³-hybridized carbons (Fsp3) is 0.500. The lowest BCUT2D eigenvalue weighted by Gasteiger charge is -2.29. The molecule has 2 heteroatoms. The lowest BCUT2D eigenvalue weighted by molar-refractivity contribution is 0.467. The monoisotopic (exact) mass is 243 g/mol.